The summed E-state index contributed by atoms with van der Waals surface area (Å²) in [5.41, 5.74) is 7.73. The van der Waals surface area contributed by atoms with Crippen molar-refractivity contribution >= 4 is 64.7 Å². The number of aliphatic hydroxyl groups excluding tert-OH is 1. The second-order valence-electron chi connectivity index (χ2n) is 16.3. The Bertz CT molecular complexity index is 2730. The second kappa shape index (κ2) is 16.6. The molecule has 2 aromatic carbocycles. The Hall–Kier alpha value is -5.81. The first kappa shape index (κ1) is 40.6. The number of aryl methyl sites for hydroxylation is 2. The largest absolute Gasteiger partial charge is 0.507 e. The number of thiazole rings is 1. The fraction of sp³-hybridized carbons (Fsp3) is 0.311. The smallest absolute Gasteiger partial charge is 0.235 e. The molecule has 3 N–H and O–H groups in total. The number of hydrogen-bond acceptors (Lipinski definition) is 13. The van der Waals surface area contributed by atoms with Crippen LogP contribution in [0.15, 0.2) is 89.0 Å². The number of carbonyl (C=O) groups is 2. The van der Waals surface area contributed by atoms with Crippen LogP contribution in [0.3, 0.4) is 0 Å². The minimum atomic E-state index is -1.50. The number of nitrogens with one attached hydrogen (secondary N) is 1. The van der Waals surface area contributed by atoms with E-state index in [0.717, 1.165) is 56.0 Å². The maximum atomic E-state index is 14.3. The second-order valence-corrected chi connectivity index (χ2v) is 20.2. The number of fused-ring (bicyclic) bond motifs is 1. The van der Waals surface area contributed by atoms with E-state index in [1.165, 1.54) is 15.3 Å². The van der Waals surface area contributed by atoms with Crippen molar-refractivity contribution in [1.29, 1.82) is 0 Å². The molecule has 16 heteroatoms. The topological polar surface area (TPSA) is 171 Å². The van der Waals surface area contributed by atoms with Crippen molar-refractivity contribution in [2.75, 3.05) is 24.5 Å². The van der Waals surface area contributed by atoms with E-state index < -0.39 is 27.0 Å². The average Bonchev–Trinajstić information content (AvgIpc) is 4.05. The van der Waals surface area contributed by atoms with Crippen molar-refractivity contribution in [2.24, 2.45) is 5.92 Å². The van der Waals surface area contributed by atoms with Crippen LogP contribution in [0, 0.1) is 19.8 Å². The van der Waals surface area contributed by atoms with Crippen LogP contribution in [0.2, 0.25) is 6.55 Å². The molecule has 5 aromatic heterocycles. The zero-order valence-corrected chi connectivity index (χ0v) is 37.0. The van der Waals surface area contributed by atoms with Gasteiger partial charge in [0.05, 0.1) is 27.9 Å². The highest BCUT2D eigenvalue weighted by molar-refractivity contribution is 7.19. The molecule has 61 heavy (non-hydrogen) atoms. The van der Waals surface area contributed by atoms with Gasteiger partial charge in [-0.15, -0.1) is 32.9 Å². The molecular formula is C45H45N8O5S2Si. The van der Waals surface area contributed by atoms with Gasteiger partial charge in [0.2, 0.25) is 20.8 Å². The quantitative estimate of drug-likeness (QED) is 0.117. The van der Waals surface area contributed by atoms with Gasteiger partial charge in [0.25, 0.3) is 0 Å². The van der Waals surface area contributed by atoms with Gasteiger partial charge >= 0.3 is 0 Å². The summed E-state index contributed by atoms with van der Waals surface area (Å²) in [7, 11) is -1.50. The van der Waals surface area contributed by atoms with E-state index in [1.54, 1.807) is 47.1 Å². The number of anilines is 1. The molecule has 2 fully saturated rings. The average molecular weight is 870 g/mol. The third kappa shape index (κ3) is 7.84. The summed E-state index contributed by atoms with van der Waals surface area (Å²) in [6, 6.07) is 22.3. The van der Waals surface area contributed by atoms with E-state index in [-0.39, 0.29) is 36.4 Å². The van der Waals surface area contributed by atoms with E-state index >= 15 is 0 Å². The summed E-state index contributed by atoms with van der Waals surface area (Å²) < 4.78 is 5.84. The number of aromatic hydroxyl groups is 1. The number of amides is 2. The summed E-state index contributed by atoms with van der Waals surface area (Å²) in [4.78, 5) is 47.4. The predicted molar refractivity (Wildman–Crippen MR) is 239 cm³/mol. The molecule has 0 unspecified atom stereocenters. The van der Waals surface area contributed by atoms with Gasteiger partial charge in [-0.2, -0.15) is 0 Å². The van der Waals surface area contributed by atoms with Crippen molar-refractivity contribution in [3.8, 4) is 38.7 Å². The number of nitrogens with zero attached hydrogens (tertiary/aromatic N) is 7. The number of rotatable bonds is 11. The lowest BCUT2D eigenvalue weighted by Gasteiger charge is -2.40. The number of phenolic OH excluding ortho intramolecular Hbond substituents is 1. The van der Waals surface area contributed by atoms with Crippen LogP contribution < -0.4 is 15.1 Å². The Morgan fingerprint density at radius 2 is 1.72 bits per heavy atom. The minimum Gasteiger partial charge on any atom is -0.507 e. The molecule has 7 aromatic rings. The number of thiophene rings is 1. The number of pyridine rings is 1. The zero-order valence-electron chi connectivity index (χ0n) is 34.4. The van der Waals surface area contributed by atoms with Gasteiger partial charge in [-0.3, -0.25) is 9.59 Å². The Morgan fingerprint density at radius 1 is 0.951 bits per heavy atom. The Labute approximate surface area is 362 Å². The zero-order chi connectivity index (χ0) is 42.5. The first-order valence-electron chi connectivity index (χ1n) is 20.3. The minimum absolute atomic E-state index is 0.0652. The lowest BCUT2D eigenvalue weighted by Crippen LogP contribution is -2.54. The molecule has 0 spiro atoms. The summed E-state index contributed by atoms with van der Waals surface area (Å²) in [6.07, 6.45) is 1.12. The SMILES string of the molecule is Cc1ncsc1-c1ccc([Si](C)NC(=O)[C@@H]2C[C@@H](O)CN2C(=O)[C@@H](c2cc(-c3ccc(N4CC(c5sc6nnc(-c7ccccc7O)cc6c5C)C4)nc3)no2)C(C)C)cc1. The number of phenols is 1. The van der Waals surface area contributed by atoms with Gasteiger partial charge in [-0.05, 0) is 73.0 Å². The van der Waals surface area contributed by atoms with Crippen molar-refractivity contribution in [3.63, 3.8) is 0 Å². The number of aliphatic hydroxyl groups is 1. The third-order valence-corrected chi connectivity index (χ3v) is 16.0. The van der Waals surface area contributed by atoms with E-state index in [0.29, 0.717) is 28.6 Å². The Balaban J connectivity index is 0.840. The van der Waals surface area contributed by atoms with Crippen molar-refractivity contribution in [1.82, 2.24) is 35.2 Å². The standard InChI is InChI=1S/C45H45N8O5S2Si/c1-24(2)40(45(57)53-22-30(54)16-36(53)43(56)51-61(5)31-13-10-27(11-14-31)42-26(4)47-23-59-42)38-18-34(50-58-38)28-12-15-39(46-19-28)52-20-29(21-52)41-25(3)33-17-35(48-49-44(33)60-41)32-8-6-7-9-37(32)55/h6-15,17-19,23-24,29-30,36,40,54-55H,16,20-22H2,1-5H3,(H,51,56)/t30-,36+,40-/m1/s1. The Morgan fingerprint density at radius 3 is 2.43 bits per heavy atom. The number of hydrogen-bond donors (Lipinski definition) is 3. The van der Waals surface area contributed by atoms with Crippen LogP contribution in [0.1, 0.15) is 54.0 Å². The van der Waals surface area contributed by atoms with Crippen LogP contribution >= 0.6 is 22.7 Å². The number of para-hydroxylation sites is 1. The number of likely N-dealkylation sites (tertiary alicyclic amines) is 1. The highest BCUT2D eigenvalue weighted by atomic mass is 32.1. The lowest BCUT2D eigenvalue weighted by molar-refractivity contribution is -0.140. The van der Waals surface area contributed by atoms with Crippen molar-refractivity contribution < 1.29 is 24.3 Å². The molecular weight excluding hydrogens is 825 g/mol. The van der Waals surface area contributed by atoms with Crippen LogP contribution in [0.25, 0.3) is 43.2 Å². The number of carbonyl (C=O) groups excluding carboxylic acids is 2. The summed E-state index contributed by atoms with van der Waals surface area (Å²) >= 11 is 3.27. The summed E-state index contributed by atoms with van der Waals surface area (Å²) in [5.74, 6) is 0.353. The normalized spacial score (nSPS) is 17.4. The maximum absolute atomic E-state index is 14.3. The van der Waals surface area contributed by atoms with Crippen LogP contribution in [-0.4, -0.2) is 93.0 Å². The van der Waals surface area contributed by atoms with E-state index in [1.807, 2.05) is 75.3 Å². The van der Waals surface area contributed by atoms with Gasteiger partial charge in [0.1, 0.15) is 39.8 Å². The van der Waals surface area contributed by atoms with E-state index in [9.17, 15) is 19.8 Å². The molecule has 1 radical (unpaired) electrons. The number of β-amino-alcohol motifs (C(OH)–C–C–N with tert-alkyl or cyclic N) is 1. The summed E-state index contributed by atoms with van der Waals surface area (Å²) in [6.45, 7) is 11.7. The molecule has 7 heterocycles. The van der Waals surface area contributed by atoms with Crippen LogP contribution in [0.5, 0.6) is 5.75 Å². The molecule has 311 valence electrons. The molecule has 9 rings (SSSR count). The van der Waals surface area contributed by atoms with Crippen molar-refractivity contribution in [3.05, 3.63) is 106 Å². The molecule has 2 saturated heterocycles. The molecule has 2 amide bonds. The maximum Gasteiger partial charge on any atom is 0.235 e. The molecule has 0 saturated carbocycles. The van der Waals surface area contributed by atoms with Gasteiger partial charge in [0.15, 0.2) is 0 Å². The van der Waals surface area contributed by atoms with Crippen LogP contribution in [-0.2, 0) is 9.59 Å². The molecule has 0 aliphatic carbocycles. The molecule has 2 aliphatic heterocycles. The molecule has 13 nitrogen and oxygen atoms in total. The van der Waals surface area contributed by atoms with Crippen LogP contribution in [0.4, 0.5) is 5.82 Å². The number of aromatic nitrogens is 5. The highest BCUT2D eigenvalue weighted by Gasteiger charge is 2.43. The van der Waals surface area contributed by atoms with Crippen molar-refractivity contribution in [2.45, 2.75) is 64.6 Å². The monoisotopic (exact) mass is 869 g/mol. The lowest BCUT2D eigenvalue weighted by atomic mass is 9.91. The van der Waals surface area contributed by atoms with E-state index in [4.69, 9.17) is 9.51 Å². The van der Waals surface area contributed by atoms with E-state index in [2.05, 4.69) is 49.3 Å². The fourth-order valence-corrected chi connectivity index (χ4v) is 11.7. The Kier molecular flexibility index (Phi) is 11.0. The first-order valence-corrected chi connectivity index (χ1v) is 24.0. The number of benzene rings is 2. The molecule has 3 atom stereocenters. The van der Waals surface area contributed by atoms with Gasteiger partial charge < -0.3 is 29.5 Å². The predicted octanol–water partition coefficient (Wildman–Crippen LogP) is 6.80. The molecule has 0 bridgehead atoms. The van der Waals surface area contributed by atoms with Gasteiger partial charge in [-0.25, -0.2) is 9.97 Å². The highest BCUT2D eigenvalue weighted by Crippen LogP contribution is 2.41. The first-order chi connectivity index (χ1) is 29.4. The molecule has 2 aliphatic rings. The fourth-order valence-electron chi connectivity index (χ4n) is 8.39. The van der Waals surface area contributed by atoms with Gasteiger partial charge in [-0.1, -0.05) is 55.4 Å². The summed E-state index contributed by atoms with van der Waals surface area (Å²) in [5, 5.41) is 36.4. The van der Waals surface area contributed by atoms with Gasteiger partial charge in [0, 0.05) is 65.6 Å². The third-order valence-electron chi connectivity index (χ3n) is 11.8.